The van der Waals surface area contributed by atoms with Gasteiger partial charge in [-0.2, -0.15) is 0 Å². The van der Waals surface area contributed by atoms with Crippen molar-refractivity contribution in [2.24, 2.45) is 0 Å². The molecular weight excluding hydrogens is 228 g/mol. The summed E-state index contributed by atoms with van der Waals surface area (Å²) < 4.78 is 1.39. The van der Waals surface area contributed by atoms with Crippen molar-refractivity contribution in [2.45, 2.75) is 37.0 Å². The summed E-state index contributed by atoms with van der Waals surface area (Å²) in [4.78, 5) is 0. The maximum Gasteiger partial charge on any atom is 0.468 e. The Morgan fingerprint density at radius 2 is 2.00 bits per heavy atom. The number of unbranched alkanes of at least 4 members (excludes halogenated alkanes) is 1. The molecule has 0 atom stereocenters. The highest BCUT2D eigenvalue weighted by molar-refractivity contribution is 9.23. The topological polar surface area (TPSA) is 0 Å². The lowest BCUT2D eigenvalue weighted by molar-refractivity contribution is 0.979. The normalized spacial score (nSPS) is 9.82. The lowest BCUT2D eigenvalue weighted by Gasteiger charge is -2.02. The van der Waals surface area contributed by atoms with Gasteiger partial charge in [0.25, 0.3) is 0 Å². The zero-order valence-corrected chi connectivity index (χ0v) is 11.7. The Kier molecular flexibility index (Phi) is 7.14. The van der Waals surface area contributed by atoms with Crippen molar-refractivity contribution in [3.8, 4) is 11.5 Å². The van der Waals surface area contributed by atoms with Gasteiger partial charge >= 0.3 is 18.2 Å². The molecule has 0 spiro atoms. The van der Waals surface area contributed by atoms with E-state index < -0.39 is 8.07 Å². The molecule has 0 saturated heterocycles. The summed E-state index contributed by atoms with van der Waals surface area (Å²) in [6.45, 7) is 6.87. The Balaban J connectivity index is 3.41. The molecule has 11 heavy (non-hydrogen) atoms. The van der Waals surface area contributed by atoms with Gasteiger partial charge in [-0.3, -0.25) is 0 Å². The van der Waals surface area contributed by atoms with E-state index in [2.05, 4.69) is 44.0 Å². The van der Waals surface area contributed by atoms with Gasteiger partial charge in [-0.1, -0.05) is 26.1 Å². The quantitative estimate of drug-likeness (QED) is 0.406. The minimum Gasteiger partial charge on any atom is -0.307 e. The SMILES string of the molecule is C[Si](C)(C)C#CCC[CH2][Mg][Br]. The van der Waals surface area contributed by atoms with Gasteiger partial charge in [0.2, 0.25) is 0 Å². The molecule has 0 heterocycles. The number of rotatable bonds is 3. The first-order valence-corrected chi connectivity index (χ1v) is 12.5. The number of hydrogen-bond donors (Lipinski definition) is 0. The minimum atomic E-state index is -1.08. The first kappa shape index (κ1) is 12.0. The largest absolute Gasteiger partial charge is 0.468 e. The fourth-order valence-corrected chi connectivity index (χ4v) is 2.92. The van der Waals surface area contributed by atoms with Crippen molar-refractivity contribution < 1.29 is 0 Å². The first-order valence-electron chi connectivity index (χ1n) is 4.12. The molecule has 0 radical (unpaired) electrons. The molecule has 0 aliphatic heterocycles. The van der Waals surface area contributed by atoms with Gasteiger partial charge in [-0.15, -0.1) is 16.0 Å². The van der Waals surface area contributed by atoms with E-state index in [1.807, 2.05) is 0 Å². The molecule has 0 unspecified atom stereocenters. The van der Waals surface area contributed by atoms with Crippen molar-refractivity contribution >= 4 is 39.2 Å². The third kappa shape index (κ3) is 11.0. The molecule has 0 aliphatic rings. The summed E-state index contributed by atoms with van der Waals surface area (Å²) >= 11 is 3.65. The maximum absolute atomic E-state index is 3.54. The van der Waals surface area contributed by atoms with Crippen LogP contribution in [0.25, 0.3) is 0 Å². The maximum atomic E-state index is 3.54. The van der Waals surface area contributed by atoms with Crippen LogP contribution in [0.15, 0.2) is 0 Å². The Morgan fingerprint density at radius 3 is 2.45 bits per heavy atom. The van der Waals surface area contributed by atoms with E-state index in [1.54, 1.807) is 0 Å². The third-order valence-electron chi connectivity index (χ3n) is 1.15. The molecule has 0 aromatic rings. The lowest BCUT2D eigenvalue weighted by atomic mass is 10.4. The third-order valence-corrected chi connectivity index (χ3v) is 4.53. The summed E-state index contributed by atoms with van der Waals surface area (Å²) in [5.74, 6) is 3.27. The fourth-order valence-electron chi connectivity index (χ4n) is 0.636. The Labute approximate surface area is 87.1 Å². The van der Waals surface area contributed by atoms with E-state index in [1.165, 1.54) is 11.0 Å². The molecule has 0 saturated carbocycles. The van der Waals surface area contributed by atoms with Crippen LogP contribution in [0.5, 0.6) is 0 Å². The summed E-state index contributed by atoms with van der Waals surface area (Å²) in [6, 6.07) is 0. The van der Waals surface area contributed by atoms with Crippen molar-refractivity contribution in [1.29, 1.82) is 0 Å². The summed E-state index contributed by atoms with van der Waals surface area (Å²) in [6.07, 6.45) is 2.41. The number of halogens is 1. The molecule has 60 valence electrons. The van der Waals surface area contributed by atoms with Crippen LogP contribution in [-0.4, -0.2) is 26.3 Å². The average Bonchev–Trinajstić information content (AvgIpc) is 1.85. The Bertz CT molecular complexity index is 152. The van der Waals surface area contributed by atoms with Crippen LogP contribution in [0, 0.1) is 11.5 Å². The highest BCUT2D eigenvalue weighted by atomic mass is 79.9. The van der Waals surface area contributed by atoms with Gasteiger partial charge in [-0.25, -0.2) is 0 Å². The minimum absolute atomic E-state index is 0.108. The highest BCUT2D eigenvalue weighted by Crippen LogP contribution is 1.99. The van der Waals surface area contributed by atoms with Gasteiger partial charge < -0.3 is 12.9 Å². The molecule has 0 nitrogen and oxygen atoms in total. The van der Waals surface area contributed by atoms with Crippen molar-refractivity contribution in [2.75, 3.05) is 0 Å². The molecule has 0 aromatic carbocycles. The molecule has 0 aliphatic carbocycles. The molecular formula is C8H15BrMgSi. The van der Waals surface area contributed by atoms with Crippen LogP contribution >= 0.6 is 12.9 Å². The summed E-state index contributed by atoms with van der Waals surface area (Å²) in [5.41, 5.74) is 3.37. The van der Waals surface area contributed by atoms with Crippen molar-refractivity contribution in [3.63, 3.8) is 0 Å². The summed E-state index contributed by atoms with van der Waals surface area (Å²) in [7, 11) is -1.08. The molecule has 0 amide bonds. The van der Waals surface area contributed by atoms with Crippen LogP contribution in [0.1, 0.15) is 12.8 Å². The lowest BCUT2D eigenvalue weighted by Crippen LogP contribution is -2.16. The highest BCUT2D eigenvalue weighted by Gasteiger charge is 2.06. The van der Waals surface area contributed by atoms with E-state index in [4.69, 9.17) is 0 Å². The average molecular weight is 244 g/mol. The molecule has 0 rings (SSSR count). The number of hydrogen-bond acceptors (Lipinski definition) is 0. The van der Waals surface area contributed by atoms with Crippen molar-refractivity contribution in [1.82, 2.24) is 0 Å². The molecule has 0 fully saturated rings. The van der Waals surface area contributed by atoms with E-state index in [9.17, 15) is 0 Å². The van der Waals surface area contributed by atoms with Gasteiger partial charge in [0.1, 0.15) is 8.07 Å². The summed E-state index contributed by atoms with van der Waals surface area (Å²) in [5, 5.41) is 0. The van der Waals surface area contributed by atoms with E-state index >= 15 is 0 Å². The zero-order valence-electron chi connectivity index (χ0n) is 7.71. The van der Waals surface area contributed by atoms with Crippen LogP contribution in [0.2, 0.25) is 24.2 Å². The smallest absolute Gasteiger partial charge is 0.307 e. The van der Waals surface area contributed by atoms with Crippen LogP contribution in [-0.2, 0) is 0 Å². The van der Waals surface area contributed by atoms with Crippen LogP contribution < -0.4 is 0 Å². The predicted molar refractivity (Wildman–Crippen MR) is 59.8 cm³/mol. The van der Waals surface area contributed by atoms with E-state index in [0.29, 0.717) is 0 Å². The van der Waals surface area contributed by atoms with E-state index in [-0.39, 0.29) is 18.2 Å². The zero-order chi connectivity index (χ0) is 8.74. The second-order valence-corrected chi connectivity index (χ2v) is 11.9. The molecule has 0 N–H and O–H groups in total. The second kappa shape index (κ2) is 6.53. The fraction of sp³-hybridized carbons (Fsp3) is 0.750. The molecule has 0 aromatic heterocycles. The van der Waals surface area contributed by atoms with Crippen LogP contribution in [0.3, 0.4) is 0 Å². The van der Waals surface area contributed by atoms with Gasteiger partial charge in [0.15, 0.2) is 0 Å². The van der Waals surface area contributed by atoms with Crippen molar-refractivity contribution in [3.05, 3.63) is 0 Å². The first-order chi connectivity index (χ1) is 5.06. The van der Waals surface area contributed by atoms with Gasteiger partial charge in [0, 0.05) is 6.42 Å². The molecule has 0 bridgehead atoms. The van der Waals surface area contributed by atoms with E-state index in [0.717, 1.165) is 6.42 Å². The monoisotopic (exact) mass is 242 g/mol. The predicted octanol–water partition coefficient (Wildman–Crippen LogP) is 3.08. The standard InChI is InChI=1S/C8H15Si.BrH.Mg/c1-5-6-7-8-9(2,3)4;;/h1,5-6H2,2-4H3;1H;/q;;+1/p-1. The second-order valence-electron chi connectivity index (χ2n) is 3.70. The van der Waals surface area contributed by atoms with Gasteiger partial charge in [0.05, 0.1) is 0 Å². The molecule has 3 heteroatoms. The Hall–Kier alpha value is 1.02. The van der Waals surface area contributed by atoms with Gasteiger partial charge in [-0.05, 0) is 0 Å². The van der Waals surface area contributed by atoms with Crippen LogP contribution in [0.4, 0.5) is 0 Å². The Morgan fingerprint density at radius 1 is 1.36 bits per heavy atom.